The minimum Gasteiger partial charge on any atom is -0.338 e. The Morgan fingerprint density at radius 1 is 1.31 bits per heavy atom. The van der Waals surface area contributed by atoms with Gasteiger partial charge in [-0.25, -0.2) is 4.98 Å². The molecule has 16 heavy (non-hydrogen) atoms. The van der Waals surface area contributed by atoms with E-state index in [0.29, 0.717) is 11.8 Å². The van der Waals surface area contributed by atoms with Crippen LogP contribution in [0.4, 0.5) is 0 Å². The van der Waals surface area contributed by atoms with Crippen LogP contribution in [-0.2, 0) is 13.5 Å². The molecule has 0 N–H and O–H groups in total. The van der Waals surface area contributed by atoms with E-state index in [4.69, 9.17) is 23.2 Å². The summed E-state index contributed by atoms with van der Waals surface area (Å²) in [5.41, 5.74) is 0.0732. The van der Waals surface area contributed by atoms with Gasteiger partial charge in [0, 0.05) is 37.6 Å². The molecule has 0 unspecified atom stereocenters. The smallest absolute Gasteiger partial charge is 0.108 e. The molecule has 0 aliphatic carbocycles. The molecule has 0 aliphatic heterocycles. The third-order valence-electron chi connectivity index (χ3n) is 3.15. The van der Waals surface area contributed by atoms with Crippen molar-refractivity contribution in [2.24, 2.45) is 12.5 Å². The van der Waals surface area contributed by atoms with E-state index in [1.807, 2.05) is 19.4 Å². The number of aromatic nitrogens is 2. The highest BCUT2D eigenvalue weighted by atomic mass is 35.5. The molecule has 1 aromatic heterocycles. The molecular formula is C12H20Cl2N2. The molecule has 0 amide bonds. The minimum absolute atomic E-state index is 0.0732. The van der Waals surface area contributed by atoms with Gasteiger partial charge in [0.25, 0.3) is 0 Å². The number of rotatable bonds is 7. The van der Waals surface area contributed by atoms with Crippen molar-refractivity contribution in [3.05, 3.63) is 18.2 Å². The first-order chi connectivity index (χ1) is 7.67. The van der Waals surface area contributed by atoms with E-state index in [0.717, 1.165) is 31.5 Å². The Labute approximate surface area is 108 Å². The monoisotopic (exact) mass is 262 g/mol. The molecule has 0 atom stereocenters. The number of aryl methyl sites for hydroxylation is 2. The average molecular weight is 263 g/mol. The van der Waals surface area contributed by atoms with Gasteiger partial charge >= 0.3 is 0 Å². The predicted octanol–water partition coefficient (Wildman–Crippen LogP) is 3.62. The van der Waals surface area contributed by atoms with Crippen molar-refractivity contribution < 1.29 is 0 Å². The highest BCUT2D eigenvalue weighted by Gasteiger charge is 2.27. The van der Waals surface area contributed by atoms with Crippen LogP contribution in [0.5, 0.6) is 0 Å². The summed E-state index contributed by atoms with van der Waals surface area (Å²) < 4.78 is 2.05. The van der Waals surface area contributed by atoms with Crippen LogP contribution in [0.15, 0.2) is 12.4 Å². The van der Waals surface area contributed by atoms with E-state index in [-0.39, 0.29) is 5.41 Å². The maximum Gasteiger partial charge on any atom is 0.108 e. The van der Waals surface area contributed by atoms with Gasteiger partial charge < -0.3 is 4.57 Å². The molecular weight excluding hydrogens is 243 g/mol. The molecule has 0 aromatic carbocycles. The van der Waals surface area contributed by atoms with Crippen LogP contribution in [0.25, 0.3) is 0 Å². The Morgan fingerprint density at radius 2 is 2.00 bits per heavy atom. The zero-order valence-electron chi connectivity index (χ0n) is 10.0. The van der Waals surface area contributed by atoms with Gasteiger partial charge in [0.15, 0.2) is 0 Å². The fourth-order valence-corrected chi connectivity index (χ4v) is 2.79. The fraction of sp³-hybridized carbons (Fsp3) is 0.750. The van der Waals surface area contributed by atoms with Gasteiger partial charge in [0.2, 0.25) is 0 Å². The van der Waals surface area contributed by atoms with Crippen LogP contribution >= 0.6 is 23.2 Å². The lowest BCUT2D eigenvalue weighted by Crippen LogP contribution is -2.26. The first-order valence-corrected chi connectivity index (χ1v) is 6.82. The lowest BCUT2D eigenvalue weighted by Gasteiger charge is -2.29. The van der Waals surface area contributed by atoms with Crippen molar-refractivity contribution in [2.45, 2.75) is 32.6 Å². The van der Waals surface area contributed by atoms with Gasteiger partial charge in [-0.15, -0.1) is 23.2 Å². The lowest BCUT2D eigenvalue weighted by molar-refractivity contribution is 0.312. The van der Waals surface area contributed by atoms with Crippen LogP contribution in [0, 0.1) is 5.41 Å². The van der Waals surface area contributed by atoms with Crippen LogP contribution in [0.2, 0.25) is 0 Å². The third-order valence-corrected chi connectivity index (χ3v) is 4.28. The largest absolute Gasteiger partial charge is 0.338 e. The minimum atomic E-state index is 0.0732. The number of hydrogen-bond acceptors (Lipinski definition) is 1. The van der Waals surface area contributed by atoms with Crippen LogP contribution < -0.4 is 0 Å². The molecule has 1 rings (SSSR count). The second-order valence-electron chi connectivity index (χ2n) is 4.47. The molecule has 0 fully saturated rings. The molecule has 1 heterocycles. The van der Waals surface area contributed by atoms with E-state index in [1.165, 1.54) is 0 Å². The second kappa shape index (κ2) is 6.51. The summed E-state index contributed by atoms with van der Waals surface area (Å²) in [4.78, 5) is 4.32. The quantitative estimate of drug-likeness (QED) is 0.687. The number of hydrogen-bond donors (Lipinski definition) is 0. The Bertz CT molecular complexity index is 306. The molecule has 92 valence electrons. The van der Waals surface area contributed by atoms with Crippen molar-refractivity contribution in [1.82, 2.24) is 9.55 Å². The Morgan fingerprint density at radius 3 is 2.44 bits per heavy atom. The molecule has 1 aromatic rings. The predicted molar refractivity (Wildman–Crippen MR) is 70.3 cm³/mol. The summed E-state index contributed by atoms with van der Waals surface area (Å²) in [7, 11) is 2.02. The van der Waals surface area contributed by atoms with E-state index in [2.05, 4.69) is 16.5 Å². The Balaban J connectivity index is 2.59. The van der Waals surface area contributed by atoms with E-state index < -0.39 is 0 Å². The van der Waals surface area contributed by atoms with Gasteiger partial charge in [0.1, 0.15) is 5.82 Å². The Hall–Kier alpha value is -0.210. The van der Waals surface area contributed by atoms with E-state index >= 15 is 0 Å². The van der Waals surface area contributed by atoms with Crippen LogP contribution in [0.3, 0.4) is 0 Å². The van der Waals surface area contributed by atoms with Crippen molar-refractivity contribution in [3.8, 4) is 0 Å². The van der Waals surface area contributed by atoms with Gasteiger partial charge in [-0.1, -0.05) is 13.3 Å². The molecule has 4 heteroatoms. The maximum atomic E-state index is 6.07. The van der Waals surface area contributed by atoms with E-state index in [9.17, 15) is 0 Å². The second-order valence-corrected chi connectivity index (χ2v) is 5.01. The number of imidazole rings is 1. The lowest BCUT2D eigenvalue weighted by atomic mass is 9.83. The zero-order valence-corrected chi connectivity index (χ0v) is 11.6. The number of nitrogens with zero attached hydrogens (tertiary/aromatic N) is 2. The molecule has 0 spiro atoms. The van der Waals surface area contributed by atoms with Gasteiger partial charge in [-0.3, -0.25) is 0 Å². The zero-order chi connectivity index (χ0) is 12.0. The normalized spacial score (nSPS) is 12.0. The van der Waals surface area contributed by atoms with Crippen molar-refractivity contribution in [1.29, 1.82) is 0 Å². The van der Waals surface area contributed by atoms with Gasteiger partial charge in [-0.2, -0.15) is 0 Å². The summed E-state index contributed by atoms with van der Waals surface area (Å²) in [6.07, 6.45) is 7.97. The highest BCUT2D eigenvalue weighted by Crippen LogP contribution is 2.32. The SMILES string of the molecule is CCCC(CCl)(CCl)CCc1nccn1C. The molecule has 0 aliphatic rings. The van der Waals surface area contributed by atoms with Crippen molar-refractivity contribution >= 4 is 23.2 Å². The highest BCUT2D eigenvalue weighted by molar-refractivity contribution is 6.21. The first-order valence-electron chi connectivity index (χ1n) is 5.75. The van der Waals surface area contributed by atoms with Gasteiger partial charge in [-0.05, 0) is 18.3 Å². The molecule has 0 saturated carbocycles. The fourth-order valence-electron chi connectivity index (χ4n) is 1.97. The van der Waals surface area contributed by atoms with Gasteiger partial charge in [0.05, 0.1) is 0 Å². The van der Waals surface area contributed by atoms with Crippen molar-refractivity contribution in [3.63, 3.8) is 0 Å². The molecule has 0 bridgehead atoms. The maximum absolute atomic E-state index is 6.07. The summed E-state index contributed by atoms with van der Waals surface area (Å²) in [6.45, 7) is 2.18. The standard InChI is InChI=1S/C12H20Cl2N2/c1-3-5-12(9-13,10-14)6-4-11-15-7-8-16(11)2/h7-8H,3-6,9-10H2,1-2H3. The number of alkyl halides is 2. The van der Waals surface area contributed by atoms with Crippen LogP contribution in [0.1, 0.15) is 32.0 Å². The average Bonchev–Trinajstić information content (AvgIpc) is 2.70. The number of halogens is 2. The first kappa shape index (κ1) is 13.9. The summed E-state index contributed by atoms with van der Waals surface area (Å²) in [6, 6.07) is 0. The summed E-state index contributed by atoms with van der Waals surface area (Å²) >= 11 is 12.1. The molecule has 0 saturated heterocycles. The molecule has 2 nitrogen and oxygen atoms in total. The molecule has 0 radical (unpaired) electrons. The topological polar surface area (TPSA) is 17.8 Å². The van der Waals surface area contributed by atoms with Crippen LogP contribution in [-0.4, -0.2) is 21.3 Å². The summed E-state index contributed by atoms with van der Waals surface area (Å²) in [5, 5.41) is 0. The summed E-state index contributed by atoms with van der Waals surface area (Å²) in [5.74, 6) is 2.37. The van der Waals surface area contributed by atoms with E-state index in [1.54, 1.807) is 0 Å². The third kappa shape index (κ3) is 3.39. The van der Waals surface area contributed by atoms with Crippen molar-refractivity contribution in [2.75, 3.05) is 11.8 Å². The Kier molecular flexibility index (Phi) is 5.63.